The first-order chi connectivity index (χ1) is 7.72. The van der Waals surface area contributed by atoms with Crippen LogP contribution in [0.5, 0.6) is 0 Å². The van der Waals surface area contributed by atoms with Crippen molar-refractivity contribution in [2.24, 2.45) is 0 Å². The maximum atomic E-state index is 10.6. The van der Waals surface area contributed by atoms with E-state index in [4.69, 9.17) is 5.26 Å². The molecule has 0 fully saturated rings. The van der Waals surface area contributed by atoms with Gasteiger partial charge in [0, 0.05) is 19.7 Å². The lowest BCUT2D eigenvalue weighted by Crippen LogP contribution is -2.20. The van der Waals surface area contributed by atoms with Gasteiger partial charge in [-0.15, -0.1) is 0 Å². The highest BCUT2D eigenvalue weighted by Crippen LogP contribution is 2.03. The molecule has 0 aromatic carbocycles. The normalized spacial score (nSPS) is 10.0. The molecule has 1 amide bonds. The predicted octanol–water partition coefficient (Wildman–Crippen LogP) is 1.49. The van der Waals surface area contributed by atoms with E-state index in [2.05, 4.69) is 10.3 Å². The molecule has 1 aromatic heterocycles. The fraction of sp³-hybridized carbons (Fsp3) is 0.250. The molecule has 0 atom stereocenters. The molecule has 1 aromatic rings. The molecular weight excluding hydrogens is 202 g/mol. The molecule has 16 heavy (non-hydrogen) atoms. The van der Waals surface area contributed by atoms with Gasteiger partial charge in [-0.05, 0) is 24.1 Å². The summed E-state index contributed by atoms with van der Waals surface area (Å²) in [5.74, 6) is -0.0240. The standard InChI is InChI=1S/C12H13N3O/c1-10(16)14-6-3-2-4-11-5-7-15-12(8-11)9-13/h2,4-5,7-8H,3,6H2,1H3,(H,14,16). The topological polar surface area (TPSA) is 65.8 Å². The summed E-state index contributed by atoms with van der Waals surface area (Å²) in [5.41, 5.74) is 1.35. The number of nitriles is 1. The van der Waals surface area contributed by atoms with Crippen LogP contribution in [0.2, 0.25) is 0 Å². The van der Waals surface area contributed by atoms with Crippen LogP contribution in [0.4, 0.5) is 0 Å². The summed E-state index contributed by atoms with van der Waals surface area (Å²) in [6.45, 7) is 2.12. The van der Waals surface area contributed by atoms with Crippen LogP contribution in [0, 0.1) is 11.3 Å². The lowest BCUT2D eigenvalue weighted by molar-refractivity contribution is -0.118. The third kappa shape index (κ3) is 4.38. The van der Waals surface area contributed by atoms with Crippen molar-refractivity contribution in [1.29, 1.82) is 5.26 Å². The molecule has 4 heteroatoms. The molecule has 0 aliphatic heterocycles. The van der Waals surface area contributed by atoms with Gasteiger partial charge in [0.15, 0.2) is 0 Å². The Bertz CT molecular complexity index is 432. The Morgan fingerprint density at radius 1 is 1.69 bits per heavy atom. The predicted molar refractivity (Wildman–Crippen MR) is 61.3 cm³/mol. The molecule has 0 saturated carbocycles. The highest BCUT2D eigenvalue weighted by Gasteiger charge is 1.92. The fourth-order valence-corrected chi connectivity index (χ4v) is 1.16. The van der Waals surface area contributed by atoms with Crippen LogP contribution in [-0.2, 0) is 4.79 Å². The Balaban J connectivity index is 2.44. The van der Waals surface area contributed by atoms with Crippen molar-refractivity contribution in [2.75, 3.05) is 6.54 Å². The quantitative estimate of drug-likeness (QED) is 0.774. The second kappa shape index (κ2) is 6.36. The summed E-state index contributed by atoms with van der Waals surface area (Å²) < 4.78 is 0. The van der Waals surface area contributed by atoms with Crippen molar-refractivity contribution in [2.45, 2.75) is 13.3 Å². The van der Waals surface area contributed by atoms with E-state index in [1.54, 1.807) is 12.3 Å². The molecule has 0 saturated heterocycles. The maximum Gasteiger partial charge on any atom is 0.216 e. The number of nitrogens with zero attached hydrogens (tertiary/aromatic N) is 2. The summed E-state index contributed by atoms with van der Waals surface area (Å²) in [4.78, 5) is 14.5. The highest BCUT2D eigenvalue weighted by molar-refractivity contribution is 5.72. The van der Waals surface area contributed by atoms with Gasteiger partial charge in [-0.1, -0.05) is 12.2 Å². The average Bonchev–Trinajstić information content (AvgIpc) is 2.28. The van der Waals surface area contributed by atoms with Gasteiger partial charge >= 0.3 is 0 Å². The molecule has 0 spiro atoms. The summed E-state index contributed by atoms with van der Waals surface area (Å²) in [6.07, 6.45) is 6.23. The molecule has 1 rings (SSSR count). The van der Waals surface area contributed by atoms with E-state index in [9.17, 15) is 4.79 Å². The van der Waals surface area contributed by atoms with E-state index in [-0.39, 0.29) is 5.91 Å². The van der Waals surface area contributed by atoms with Crippen LogP contribution in [0.1, 0.15) is 24.6 Å². The maximum absolute atomic E-state index is 10.6. The van der Waals surface area contributed by atoms with Crippen LogP contribution in [0.25, 0.3) is 6.08 Å². The summed E-state index contributed by atoms with van der Waals surface area (Å²) in [5, 5.41) is 11.3. The van der Waals surface area contributed by atoms with Crippen molar-refractivity contribution in [3.63, 3.8) is 0 Å². The molecule has 1 heterocycles. The minimum absolute atomic E-state index is 0.0240. The van der Waals surface area contributed by atoms with Gasteiger partial charge < -0.3 is 5.32 Å². The number of amides is 1. The Kier molecular flexibility index (Phi) is 4.74. The molecule has 0 aliphatic carbocycles. The van der Waals surface area contributed by atoms with Crippen molar-refractivity contribution in [1.82, 2.24) is 10.3 Å². The van der Waals surface area contributed by atoms with Crippen LogP contribution < -0.4 is 5.32 Å². The minimum Gasteiger partial charge on any atom is -0.356 e. The third-order valence-corrected chi connectivity index (χ3v) is 1.89. The molecule has 0 aliphatic rings. The first-order valence-electron chi connectivity index (χ1n) is 4.99. The number of rotatable bonds is 4. The monoisotopic (exact) mass is 215 g/mol. The Morgan fingerprint density at radius 3 is 3.19 bits per heavy atom. The van der Waals surface area contributed by atoms with Crippen LogP contribution in [0.15, 0.2) is 24.4 Å². The molecular formula is C12H13N3O. The molecule has 1 N–H and O–H groups in total. The number of hydrogen-bond acceptors (Lipinski definition) is 3. The number of hydrogen-bond donors (Lipinski definition) is 1. The SMILES string of the molecule is CC(=O)NCCC=Cc1ccnc(C#N)c1. The van der Waals surface area contributed by atoms with Crippen molar-refractivity contribution >= 4 is 12.0 Å². The van der Waals surface area contributed by atoms with Crippen molar-refractivity contribution in [3.8, 4) is 6.07 Å². The zero-order valence-corrected chi connectivity index (χ0v) is 9.10. The van der Waals surface area contributed by atoms with Gasteiger partial charge in [0.25, 0.3) is 0 Å². The Hall–Kier alpha value is -2.15. The second-order valence-electron chi connectivity index (χ2n) is 3.26. The van der Waals surface area contributed by atoms with Crippen LogP contribution in [-0.4, -0.2) is 17.4 Å². The first-order valence-corrected chi connectivity index (χ1v) is 4.99. The van der Waals surface area contributed by atoms with E-state index in [1.807, 2.05) is 24.3 Å². The second-order valence-corrected chi connectivity index (χ2v) is 3.26. The summed E-state index contributed by atoms with van der Waals surface area (Å²) in [6, 6.07) is 5.53. The Labute approximate surface area is 94.6 Å². The number of carbonyl (C=O) groups is 1. The molecule has 0 radical (unpaired) electrons. The van der Waals surface area contributed by atoms with Gasteiger partial charge in [-0.25, -0.2) is 4.98 Å². The fourth-order valence-electron chi connectivity index (χ4n) is 1.16. The molecule has 0 bridgehead atoms. The van der Waals surface area contributed by atoms with E-state index >= 15 is 0 Å². The molecule has 0 unspecified atom stereocenters. The number of nitrogens with one attached hydrogen (secondary N) is 1. The molecule has 82 valence electrons. The van der Waals surface area contributed by atoms with Crippen molar-refractivity contribution in [3.05, 3.63) is 35.7 Å². The summed E-state index contributed by atoms with van der Waals surface area (Å²) in [7, 11) is 0. The lowest BCUT2D eigenvalue weighted by Gasteiger charge is -1.97. The zero-order valence-electron chi connectivity index (χ0n) is 9.10. The number of aromatic nitrogens is 1. The van der Waals surface area contributed by atoms with Gasteiger partial charge in [0.05, 0.1) is 0 Å². The van der Waals surface area contributed by atoms with E-state index in [0.717, 1.165) is 12.0 Å². The van der Waals surface area contributed by atoms with Gasteiger partial charge in [-0.2, -0.15) is 5.26 Å². The van der Waals surface area contributed by atoms with E-state index in [0.29, 0.717) is 12.2 Å². The van der Waals surface area contributed by atoms with Crippen LogP contribution >= 0.6 is 0 Å². The Morgan fingerprint density at radius 2 is 2.50 bits per heavy atom. The third-order valence-electron chi connectivity index (χ3n) is 1.89. The minimum atomic E-state index is -0.0240. The zero-order chi connectivity index (χ0) is 11.8. The summed E-state index contributed by atoms with van der Waals surface area (Å²) >= 11 is 0. The van der Waals surface area contributed by atoms with E-state index in [1.165, 1.54) is 6.92 Å². The largest absolute Gasteiger partial charge is 0.356 e. The molecule has 4 nitrogen and oxygen atoms in total. The van der Waals surface area contributed by atoms with Gasteiger partial charge in [-0.3, -0.25) is 4.79 Å². The smallest absolute Gasteiger partial charge is 0.216 e. The highest BCUT2D eigenvalue weighted by atomic mass is 16.1. The lowest BCUT2D eigenvalue weighted by atomic mass is 10.2. The van der Waals surface area contributed by atoms with E-state index < -0.39 is 0 Å². The average molecular weight is 215 g/mol. The first kappa shape index (κ1) is 11.9. The van der Waals surface area contributed by atoms with Gasteiger partial charge in [0.2, 0.25) is 5.91 Å². The number of carbonyl (C=O) groups excluding carboxylic acids is 1. The van der Waals surface area contributed by atoms with Gasteiger partial charge in [0.1, 0.15) is 11.8 Å². The van der Waals surface area contributed by atoms with Crippen LogP contribution in [0.3, 0.4) is 0 Å². The van der Waals surface area contributed by atoms with Crippen molar-refractivity contribution < 1.29 is 4.79 Å². The number of pyridine rings is 1.